The number of hydrogen-bond donors (Lipinski definition) is 2. The van der Waals surface area contributed by atoms with Crippen molar-refractivity contribution in [3.63, 3.8) is 0 Å². The molecule has 0 aliphatic carbocycles. The smallest absolute Gasteiger partial charge is 0.404 e. The number of aldehydes is 1. The molecule has 0 aliphatic heterocycles. The number of rotatable bonds is 6. The van der Waals surface area contributed by atoms with Crippen LogP contribution in [0.3, 0.4) is 0 Å². The van der Waals surface area contributed by atoms with Crippen molar-refractivity contribution in [1.29, 1.82) is 0 Å². The molecule has 5 nitrogen and oxygen atoms in total. The molecule has 0 bridgehead atoms. The first-order valence-electron chi connectivity index (χ1n) is 4.98. The minimum Gasteiger partial charge on any atom is -0.492 e. The van der Waals surface area contributed by atoms with E-state index in [1.165, 1.54) is 0 Å². The Labute approximate surface area is 107 Å². The zero-order valence-electron chi connectivity index (χ0n) is 8.98. The summed E-state index contributed by atoms with van der Waals surface area (Å²) in [5, 5.41) is 10.6. The standard InChI is InChI=1S/C11H12BrNO4/c12-10-8(7-14)3-1-4-9(10)17-6-2-5-13-11(15)16/h1,3-4,7,13H,2,5-6H2,(H,15,16). The van der Waals surface area contributed by atoms with Crippen LogP contribution in [0.1, 0.15) is 16.8 Å². The molecule has 1 amide bonds. The van der Waals surface area contributed by atoms with Gasteiger partial charge in [-0.2, -0.15) is 0 Å². The molecule has 1 aromatic carbocycles. The second-order valence-corrected chi connectivity index (χ2v) is 4.00. The van der Waals surface area contributed by atoms with E-state index in [1.54, 1.807) is 18.2 Å². The molecule has 0 unspecified atom stereocenters. The van der Waals surface area contributed by atoms with Crippen LogP contribution in [0.2, 0.25) is 0 Å². The number of carbonyl (C=O) groups is 2. The number of carboxylic acid groups (broad SMARTS) is 1. The minimum absolute atomic E-state index is 0.334. The molecule has 0 radical (unpaired) electrons. The van der Waals surface area contributed by atoms with Gasteiger partial charge in [0.2, 0.25) is 0 Å². The highest BCUT2D eigenvalue weighted by Crippen LogP contribution is 2.27. The van der Waals surface area contributed by atoms with E-state index in [1.807, 2.05) is 0 Å². The topological polar surface area (TPSA) is 75.6 Å². The number of nitrogens with one attached hydrogen (secondary N) is 1. The number of benzene rings is 1. The molecule has 1 rings (SSSR count). The predicted octanol–water partition coefficient (Wildman–Crippen LogP) is 2.30. The lowest BCUT2D eigenvalue weighted by Gasteiger charge is -2.09. The maximum absolute atomic E-state index is 10.7. The molecule has 0 spiro atoms. The summed E-state index contributed by atoms with van der Waals surface area (Å²) in [5.74, 6) is 0.574. The number of halogens is 1. The lowest BCUT2D eigenvalue weighted by molar-refractivity contribution is 0.112. The molecule has 1 aromatic rings. The Morgan fingerprint density at radius 2 is 2.29 bits per heavy atom. The van der Waals surface area contributed by atoms with Gasteiger partial charge in [0.15, 0.2) is 6.29 Å². The van der Waals surface area contributed by atoms with Crippen LogP contribution in [0.25, 0.3) is 0 Å². The van der Waals surface area contributed by atoms with Crippen LogP contribution in [0.5, 0.6) is 5.75 Å². The van der Waals surface area contributed by atoms with E-state index in [2.05, 4.69) is 21.2 Å². The fourth-order valence-electron chi connectivity index (χ4n) is 1.18. The average Bonchev–Trinajstić information content (AvgIpc) is 2.30. The third-order valence-electron chi connectivity index (χ3n) is 1.98. The van der Waals surface area contributed by atoms with Crippen LogP contribution >= 0.6 is 15.9 Å². The highest BCUT2D eigenvalue weighted by Gasteiger charge is 2.05. The molecule has 0 saturated heterocycles. The molecule has 17 heavy (non-hydrogen) atoms. The maximum Gasteiger partial charge on any atom is 0.404 e. The number of hydrogen-bond acceptors (Lipinski definition) is 3. The predicted molar refractivity (Wildman–Crippen MR) is 65.7 cm³/mol. The second-order valence-electron chi connectivity index (χ2n) is 3.21. The lowest BCUT2D eigenvalue weighted by atomic mass is 10.2. The van der Waals surface area contributed by atoms with E-state index in [9.17, 15) is 9.59 Å². The van der Waals surface area contributed by atoms with Crippen LogP contribution < -0.4 is 10.1 Å². The van der Waals surface area contributed by atoms with Crippen molar-refractivity contribution in [3.05, 3.63) is 28.2 Å². The molecule has 0 atom stereocenters. The highest BCUT2D eigenvalue weighted by molar-refractivity contribution is 9.10. The summed E-state index contributed by atoms with van der Waals surface area (Å²) < 4.78 is 6.03. The molecule has 6 heteroatoms. The summed E-state index contributed by atoms with van der Waals surface area (Å²) in [7, 11) is 0. The van der Waals surface area contributed by atoms with Crippen molar-refractivity contribution in [3.8, 4) is 5.75 Å². The molecule has 0 fully saturated rings. The molecule has 0 heterocycles. The van der Waals surface area contributed by atoms with Gasteiger partial charge in [-0.1, -0.05) is 12.1 Å². The average molecular weight is 302 g/mol. The molecule has 0 aromatic heterocycles. The number of amides is 1. The van der Waals surface area contributed by atoms with Gasteiger partial charge >= 0.3 is 6.09 Å². The quantitative estimate of drug-likeness (QED) is 0.624. The van der Waals surface area contributed by atoms with Crippen molar-refractivity contribution in [1.82, 2.24) is 5.32 Å². The van der Waals surface area contributed by atoms with Gasteiger partial charge in [0.25, 0.3) is 0 Å². The van der Waals surface area contributed by atoms with Gasteiger partial charge in [-0.25, -0.2) is 4.79 Å². The van der Waals surface area contributed by atoms with E-state index < -0.39 is 6.09 Å². The first kappa shape index (κ1) is 13.5. The van der Waals surface area contributed by atoms with Crippen molar-refractivity contribution >= 4 is 28.3 Å². The zero-order valence-corrected chi connectivity index (χ0v) is 10.6. The van der Waals surface area contributed by atoms with Gasteiger partial charge in [-0.05, 0) is 28.4 Å². The Morgan fingerprint density at radius 3 is 2.94 bits per heavy atom. The van der Waals surface area contributed by atoms with E-state index in [0.29, 0.717) is 35.4 Å². The summed E-state index contributed by atoms with van der Waals surface area (Å²) in [4.78, 5) is 20.8. The fourth-order valence-corrected chi connectivity index (χ4v) is 1.65. The second kappa shape index (κ2) is 6.90. The van der Waals surface area contributed by atoms with Crippen LogP contribution in [0.4, 0.5) is 4.79 Å². The molecular formula is C11H12BrNO4. The normalized spacial score (nSPS) is 9.71. The maximum atomic E-state index is 10.7. The van der Waals surface area contributed by atoms with E-state index >= 15 is 0 Å². The van der Waals surface area contributed by atoms with Crippen molar-refractivity contribution in [2.75, 3.05) is 13.2 Å². The summed E-state index contributed by atoms with van der Waals surface area (Å²) in [6.07, 6.45) is 0.251. The van der Waals surface area contributed by atoms with Crippen LogP contribution in [-0.2, 0) is 0 Å². The third kappa shape index (κ3) is 4.44. The van der Waals surface area contributed by atoms with Crippen LogP contribution in [0, 0.1) is 0 Å². The molecular weight excluding hydrogens is 290 g/mol. The molecule has 0 aliphatic rings. The van der Waals surface area contributed by atoms with Crippen molar-refractivity contribution < 1.29 is 19.4 Å². The van der Waals surface area contributed by atoms with Crippen LogP contribution in [0.15, 0.2) is 22.7 Å². The van der Waals surface area contributed by atoms with Gasteiger partial charge in [0, 0.05) is 12.1 Å². The largest absolute Gasteiger partial charge is 0.492 e. The van der Waals surface area contributed by atoms with Gasteiger partial charge in [-0.3, -0.25) is 4.79 Å². The van der Waals surface area contributed by atoms with Gasteiger partial charge in [0.1, 0.15) is 5.75 Å². The fraction of sp³-hybridized carbons (Fsp3) is 0.273. The molecule has 92 valence electrons. The summed E-state index contributed by atoms with van der Waals surface area (Å²) in [6.45, 7) is 0.710. The summed E-state index contributed by atoms with van der Waals surface area (Å²) in [6, 6.07) is 5.14. The Morgan fingerprint density at radius 1 is 1.53 bits per heavy atom. The van der Waals surface area contributed by atoms with Gasteiger partial charge in [0.05, 0.1) is 11.1 Å². The Hall–Kier alpha value is -1.56. The summed E-state index contributed by atoms with van der Waals surface area (Å²) in [5.41, 5.74) is 0.520. The Kier molecular flexibility index (Phi) is 5.48. The molecule has 0 saturated carbocycles. The Balaban J connectivity index is 2.41. The lowest BCUT2D eigenvalue weighted by Crippen LogP contribution is -2.23. The van der Waals surface area contributed by atoms with Crippen LogP contribution in [-0.4, -0.2) is 30.6 Å². The van der Waals surface area contributed by atoms with E-state index in [0.717, 1.165) is 6.29 Å². The zero-order chi connectivity index (χ0) is 12.7. The first-order valence-corrected chi connectivity index (χ1v) is 5.77. The van der Waals surface area contributed by atoms with Gasteiger partial charge < -0.3 is 15.2 Å². The minimum atomic E-state index is -1.05. The number of carbonyl (C=O) groups excluding carboxylic acids is 1. The third-order valence-corrected chi connectivity index (χ3v) is 2.82. The van der Waals surface area contributed by atoms with E-state index in [4.69, 9.17) is 9.84 Å². The van der Waals surface area contributed by atoms with Crippen molar-refractivity contribution in [2.45, 2.75) is 6.42 Å². The molecule has 2 N–H and O–H groups in total. The SMILES string of the molecule is O=Cc1cccc(OCCCNC(=O)O)c1Br. The first-order chi connectivity index (χ1) is 8.15. The number of ether oxygens (including phenoxy) is 1. The monoisotopic (exact) mass is 301 g/mol. The Bertz CT molecular complexity index is 408. The van der Waals surface area contributed by atoms with Gasteiger partial charge in [-0.15, -0.1) is 0 Å². The summed E-state index contributed by atoms with van der Waals surface area (Å²) >= 11 is 3.27. The highest BCUT2D eigenvalue weighted by atomic mass is 79.9. The van der Waals surface area contributed by atoms with Crippen molar-refractivity contribution in [2.24, 2.45) is 0 Å². The van der Waals surface area contributed by atoms with E-state index in [-0.39, 0.29) is 0 Å².